The van der Waals surface area contributed by atoms with Crippen LogP contribution in [0.25, 0.3) is 0 Å². The quantitative estimate of drug-likeness (QED) is 0.647. The smallest absolute Gasteiger partial charge is 0.0178 e. The van der Waals surface area contributed by atoms with Crippen LogP contribution < -0.4 is 0 Å². The number of hydrogen-bond acceptors (Lipinski definition) is 1. The van der Waals surface area contributed by atoms with Crippen molar-refractivity contribution in [3.63, 3.8) is 0 Å². The molecular weight excluding hydrogens is 194 g/mol. The van der Waals surface area contributed by atoms with E-state index in [0.717, 1.165) is 17.9 Å². The Morgan fingerprint density at radius 3 is 1.81 bits per heavy atom. The SMILES string of the molecule is CCC1CN(C(C)(C)C)C(C(C)(C)C)C1C. The molecule has 1 fully saturated rings. The molecule has 1 nitrogen and oxygen atoms in total. The van der Waals surface area contributed by atoms with Crippen LogP contribution >= 0.6 is 0 Å². The zero-order valence-corrected chi connectivity index (χ0v) is 12.6. The van der Waals surface area contributed by atoms with E-state index in [0.29, 0.717) is 11.0 Å². The zero-order valence-electron chi connectivity index (χ0n) is 12.6. The van der Waals surface area contributed by atoms with E-state index in [2.05, 4.69) is 60.3 Å². The van der Waals surface area contributed by atoms with E-state index >= 15 is 0 Å². The molecule has 16 heavy (non-hydrogen) atoms. The van der Waals surface area contributed by atoms with Gasteiger partial charge in [-0.25, -0.2) is 0 Å². The van der Waals surface area contributed by atoms with Crippen LogP contribution in [0.3, 0.4) is 0 Å². The highest BCUT2D eigenvalue weighted by molar-refractivity contribution is 5.00. The van der Waals surface area contributed by atoms with E-state index in [1.807, 2.05) is 0 Å². The molecule has 3 unspecified atom stereocenters. The van der Waals surface area contributed by atoms with Gasteiger partial charge in [0, 0.05) is 18.1 Å². The summed E-state index contributed by atoms with van der Waals surface area (Å²) in [4.78, 5) is 2.74. The van der Waals surface area contributed by atoms with Crippen LogP contribution in [0.4, 0.5) is 0 Å². The molecule has 0 aromatic carbocycles. The van der Waals surface area contributed by atoms with Gasteiger partial charge in [-0.05, 0) is 38.0 Å². The normalized spacial score (nSPS) is 33.4. The summed E-state index contributed by atoms with van der Waals surface area (Å²) in [6, 6.07) is 0.720. The summed E-state index contributed by atoms with van der Waals surface area (Å²) < 4.78 is 0. The van der Waals surface area contributed by atoms with Crippen LogP contribution in [-0.4, -0.2) is 23.0 Å². The molecule has 1 rings (SSSR count). The Morgan fingerprint density at radius 2 is 1.56 bits per heavy atom. The molecule has 96 valence electrons. The fraction of sp³-hybridized carbons (Fsp3) is 1.00. The molecule has 3 atom stereocenters. The molecule has 1 aliphatic rings. The van der Waals surface area contributed by atoms with Gasteiger partial charge >= 0.3 is 0 Å². The van der Waals surface area contributed by atoms with Gasteiger partial charge in [0.2, 0.25) is 0 Å². The summed E-state index contributed by atoms with van der Waals surface area (Å²) in [6.07, 6.45) is 1.32. The third kappa shape index (κ3) is 2.61. The molecule has 0 bridgehead atoms. The van der Waals surface area contributed by atoms with E-state index in [-0.39, 0.29) is 0 Å². The molecule has 0 aromatic rings. The third-order valence-corrected chi connectivity index (χ3v) is 4.28. The van der Waals surface area contributed by atoms with Crippen LogP contribution in [0.2, 0.25) is 0 Å². The predicted octanol–water partition coefficient (Wildman–Crippen LogP) is 4.18. The molecule has 0 aliphatic carbocycles. The molecule has 1 heterocycles. The molecule has 0 amide bonds. The Hall–Kier alpha value is -0.0400. The largest absolute Gasteiger partial charge is 0.294 e. The van der Waals surface area contributed by atoms with Crippen molar-refractivity contribution in [3.8, 4) is 0 Å². The summed E-state index contributed by atoms with van der Waals surface area (Å²) in [5.41, 5.74) is 0.687. The number of hydrogen-bond donors (Lipinski definition) is 0. The minimum Gasteiger partial charge on any atom is -0.294 e. The molecule has 0 saturated carbocycles. The zero-order chi connectivity index (χ0) is 12.7. The summed E-state index contributed by atoms with van der Waals surface area (Å²) in [5, 5.41) is 0. The second-order valence-electron chi connectivity index (χ2n) is 7.66. The molecule has 0 aromatic heterocycles. The first-order valence-corrected chi connectivity index (χ1v) is 6.85. The second kappa shape index (κ2) is 4.33. The van der Waals surface area contributed by atoms with Gasteiger partial charge in [-0.1, -0.05) is 41.0 Å². The van der Waals surface area contributed by atoms with Gasteiger partial charge in [-0.2, -0.15) is 0 Å². The maximum atomic E-state index is 2.74. The van der Waals surface area contributed by atoms with Gasteiger partial charge < -0.3 is 0 Å². The molecule has 0 N–H and O–H groups in total. The first kappa shape index (κ1) is 14.0. The standard InChI is InChI=1S/C15H31N/c1-9-12-10-16(15(6,7)8)13(11(12)2)14(3,4)5/h11-13H,9-10H2,1-8H3. The average Bonchev–Trinajstić information content (AvgIpc) is 2.40. The van der Waals surface area contributed by atoms with E-state index in [1.54, 1.807) is 0 Å². The van der Waals surface area contributed by atoms with Crippen molar-refractivity contribution in [2.24, 2.45) is 17.3 Å². The van der Waals surface area contributed by atoms with Crippen molar-refractivity contribution in [1.29, 1.82) is 0 Å². The van der Waals surface area contributed by atoms with Crippen LogP contribution in [0.1, 0.15) is 61.8 Å². The monoisotopic (exact) mass is 225 g/mol. The summed E-state index contributed by atoms with van der Waals surface area (Å²) >= 11 is 0. The van der Waals surface area contributed by atoms with Gasteiger partial charge in [-0.15, -0.1) is 0 Å². The van der Waals surface area contributed by atoms with Crippen molar-refractivity contribution in [3.05, 3.63) is 0 Å². The maximum absolute atomic E-state index is 2.74. The van der Waals surface area contributed by atoms with Gasteiger partial charge in [0.25, 0.3) is 0 Å². The van der Waals surface area contributed by atoms with E-state index < -0.39 is 0 Å². The second-order valence-corrected chi connectivity index (χ2v) is 7.66. The summed E-state index contributed by atoms with van der Waals surface area (Å²) in [5.74, 6) is 1.70. The van der Waals surface area contributed by atoms with Crippen LogP contribution in [0, 0.1) is 17.3 Å². The molecule has 1 aliphatic heterocycles. The minimum atomic E-state index is 0.302. The van der Waals surface area contributed by atoms with Crippen molar-refractivity contribution in [2.75, 3.05) is 6.54 Å². The van der Waals surface area contributed by atoms with Crippen LogP contribution in [-0.2, 0) is 0 Å². The molecular formula is C15H31N. The van der Waals surface area contributed by atoms with Gasteiger partial charge in [0.05, 0.1) is 0 Å². The molecule has 1 heteroatoms. The Kier molecular flexibility index (Phi) is 3.79. The van der Waals surface area contributed by atoms with Crippen molar-refractivity contribution in [2.45, 2.75) is 73.4 Å². The van der Waals surface area contributed by atoms with Crippen molar-refractivity contribution < 1.29 is 0 Å². The van der Waals surface area contributed by atoms with Crippen LogP contribution in [0.5, 0.6) is 0 Å². The number of nitrogens with zero attached hydrogens (tertiary/aromatic N) is 1. The van der Waals surface area contributed by atoms with Crippen molar-refractivity contribution in [1.82, 2.24) is 4.90 Å². The van der Waals surface area contributed by atoms with Gasteiger partial charge in [0.15, 0.2) is 0 Å². The van der Waals surface area contributed by atoms with E-state index in [9.17, 15) is 0 Å². The average molecular weight is 225 g/mol. The highest BCUT2D eigenvalue weighted by atomic mass is 15.3. The predicted molar refractivity (Wildman–Crippen MR) is 72.6 cm³/mol. The van der Waals surface area contributed by atoms with Gasteiger partial charge in [0.1, 0.15) is 0 Å². The van der Waals surface area contributed by atoms with E-state index in [4.69, 9.17) is 0 Å². The molecule has 1 saturated heterocycles. The lowest BCUT2D eigenvalue weighted by molar-refractivity contribution is 0.0424. The molecule has 0 spiro atoms. The fourth-order valence-corrected chi connectivity index (χ4v) is 3.52. The van der Waals surface area contributed by atoms with Crippen molar-refractivity contribution >= 4 is 0 Å². The molecule has 0 radical (unpaired) electrons. The topological polar surface area (TPSA) is 3.24 Å². The Labute approximate surface area is 103 Å². The summed E-state index contributed by atoms with van der Waals surface area (Å²) in [6.45, 7) is 20.3. The lowest BCUT2D eigenvalue weighted by Crippen LogP contribution is -2.51. The number of rotatable bonds is 1. The first-order valence-electron chi connectivity index (χ1n) is 6.85. The lowest BCUT2D eigenvalue weighted by Gasteiger charge is -2.44. The fourth-order valence-electron chi connectivity index (χ4n) is 3.52. The number of likely N-dealkylation sites (tertiary alicyclic amines) is 1. The first-order chi connectivity index (χ1) is 7.09. The lowest BCUT2D eigenvalue weighted by atomic mass is 9.76. The third-order valence-electron chi connectivity index (χ3n) is 4.28. The Bertz CT molecular complexity index is 231. The van der Waals surface area contributed by atoms with Crippen LogP contribution in [0.15, 0.2) is 0 Å². The minimum absolute atomic E-state index is 0.302. The highest BCUT2D eigenvalue weighted by Gasteiger charge is 2.47. The Balaban J connectivity index is 3.00. The maximum Gasteiger partial charge on any atom is 0.0178 e. The summed E-state index contributed by atoms with van der Waals surface area (Å²) in [7, 11) is 0. The van der Waals surface area contributed by atoms with Gasteiger partial charge in [-0.3, -0.25) is 4.90 Å². The van der Waals surface area contributed by atoms with E-state index in [1.165, 1.54) is 13.0 Å². The highest BCUT2D eigenvalue weighted by Crippen LogP contribution is 2.44. The Morgan fingerprint density at radius 1 is 1.06 bits per heavy atom.